The summed E-state index contributed by atoms with van der Waals surface area (Å²) in [4.78, 5) is 26.3. The van der Waals surface area contributed by atoms with Gasteiger partial charge >= 0.3 is 0 Å². The summed E-state index contributed by atoms with van der Waals surface area (Å²) in [7, 11) is 0. The lowest BCUT2D eigenvalue weighted by Crippen LogP contribution is -2.22. The van der Waals surface area contributed by atoms with E-state index in [4.69, 9.17) is 0 Å². The van der Waals surface area contributed by atoms with Crippen LogP contribution < -0.4 is 10.2 Å². The number of rotatable bonds is 4. The Hall–Kier alpha value is -3.76. The maximum atomic E-state index is 12.5. The van der Waals surface area contributed by atoms with Crippen LogP contribution in [0.15, 0.2) is 48.7 Å². The van der Waals surface area contributed by atoms with Gasteiger partial charge in [-0.25, -0.2) is 9.97 Å². The van der Waals surface area contributed by atoms with Gasteiger partial charge in [-0.05, 0) is 24.3 Å². The van der Waals surface area contributed by atoms with E-state index in [0.29, 0.717) is 41.8 Å². The van der Waals surface area contributed by atoms with Crippen LogP contribution in [0.2, 0.25) is 0 Å². The molecule has 5 rings (SSSR count). The smallest absolute Gasteiger partial charge is 0.258 e. The van der Waals surface area contributed by atoms with E-state index in [0.717, 1.165) is 11.0 Å². The molecule has 152 valence electrons. The fourth-order valence-electron chi connectivity index (χ4n) is 3.44. The molecular weight excluding hydrogens is 386 g/mol. The van der Waals surface area contributed by atoms with Gasteiger partial charge in [0.15, 0.2) is 11.6 Å². The van der Waals surface area contributed by atoms with Crippen molar-refractivity contribution < 1.29 is 15.0 Å². The average Bonchev–Trinajstić information content (AvgIpc) is 3.47. The summed E-state index contributed by atoms with van der Waals surface area (Å²) >= 11 is 0. The van der Waals surface area contributed by atoms with Gasteiger partial charge in [0, 0.05) is 25.4 Å². The summed E-state index contributed by atoms with van der Waals surface area (Å²) in [5, 5.41) is 29.0. The number of para-hydroxylation sites is 2. The van der Waals surface area contributed by atoms with E-state index in [9.17, 15) is 15.0 Å². The third kappa shape index (κ3) is 3.38. The number of nitrogens with zero attached hydrogens (tertiary/aromatic N) is 4. The van der Waals surface area contributed by atoms with Crippen molar-refractivity contribution in [3.05, 3.63) is 54.2 Å². The van der Waals surface area contributed by atoms with Crippen LogP contribution in [0.25, 0.3) is 22.6 Å². The molecule has 0 bridgehead atoms. The number of carbonyl (C=O) groups excluding carboxylic acids is 1. The molecule has 30 heavy (non-hydrogen) atoms. The van der Waals surface area contributed by atoms with Gasteiger partial charge in [0.05, 0.1) is 28.8 Å². The van der Waals surface area contributed by atoms with Crippen molar-refractivity contribution in [3.8, 4) is 11.5 Å². The number of benzene rings is 1. The second-order valence-electron chi connectivity index (χ2n) is 7.17. The number of fused-ring (bicyclic) bond motifs is 1. The van der Waals surface area contributed by atoms with Gasteiger partial charge in [0.2, 0.25) is 0 Å². The van der Waals surface area contributed by atoms with E-state index in [1.54, 1.807) is 23.1 Å². The molecular formula is C20H19N7O3. The molecule has 4 heterocycles. The van der Waals surface area contributed by atoms with Crippen LogP contribution in [-0.2, 0) is 0 Å². The van der Waals surface area contributed by atoms with E-state index in [2.05, 4.69) is 30.5 Å². The maximum absolute atomic E-state index is 12.5. The highest BCUT2D eigenvalue weighted by molar-refractivity contribution is 6.03. The minimum atomic E-state index is -0.796. The first-order valence-electron chi connectivity index (χ1n) is 9.46. The van der Waals surface area contributed by atoms with Crippen LogP contribution in [-0.4, -0.2) is 66.6 Å². The quantitative estimate of drug-likeness (QED) is 0.343. The third-order valence-electron chi connectivity index (χ3n) is 5.06. The molecule has 2 atom stereocenters. The average molecular weight is 405 g/mol. The zero-order valence-electron chi connectivity index (χ0n) is 15.8. The second kappa shape index (κ2) is 7.25. The normalized spacial score (nSPS) is 18.8. The molecule has 0 unspecified atom stereocenters. The molecule has 5 N–H and O–H groups in total. The number of imidazole rings is 1. The first-order chi connectivity index (χ1) is 14.6. The molecule has 1 aliphatic rings. The standard InChI is InChI=1S/C20H19N7O3/c28-15-9-27(10-16(15)29)18-6-5-11(8-21-18)20(30)24-17-7-14(25-26-17)19-22-12-3-1-2-4-13(12)23-19/h1-8,15-16,28-29H,9-10H2,(H,22,23)(H2,24,25,26,30)/t15-,16-/m0/s1. The van der Waals surface area contributed by atoms with Crippen molar-refractivity contribution in [3.63, 3.8) is 0 Å². The van der Waals surface area contributed by atoms with Gasteiger partial charge in [-0.15, -0.1) is 0 Å². The summed E-state index contributed by atoms with van der Waals surface area (Å²) in [6, 6.07) is 12.7. The number of carbonyl (C=O) groups is 1. The Morgan fingerprint density at radius 1 is 1.13 bits per heavy atom. The summed E-state index contributed by atoms with van der Waals surface area (Å²) in [6.07, 6.45) is -0.139. The SMILES string of the molecule is O=C(Nc1cc(-c2nc3ccccc3[nH]2)[nH]n1)c1ccc(N2C[C@H](O)[C@@H](O)C2)nc1. The first kappa shape index (κ1) is 18.3. The molecule has 0 aliphatic carbocycles. The zero-order valence-corrected chi connectivity index (χ0v) is 15.8. The Kier molecular flexibility index (Phi) is 4.42. The van der Waals surface area contributed by atoms with E-state index < -0.39 is 12.2 Å². The molecule has 1 aromatic carbocycles. The molecule has 1 fully saturated rings. The predicted octanol–water partition coefficient (Wildman–Crippen LogP) is 1.14. The molecule has 0 saturated carbocycles. The summed E-state index contributed by atoms with van der Waals surface area (Å²) < 4.78 is 0. The Morgan fingerprint density at radius 3 is 2.67 bits per heavy atom. The van der Waals surface area contributed by atoms with Crippen molar-refractivity contribution >= 4 is 28.6 Å². The molecule has 0 spiro atoms. The minimum Gasteiger partial charge on any atom is -0.389 e. The number of aromatic nitrogens is 5. The Labute approximate surface area is 170 Å². The van der Waals surface area contributed by atoms with Crippen LogP contribution in [0.5, 0.6) is 0 Å². The number of hydrogen-bond acceptors (Lipinski definition) is 7. The van der Waals surface area contributed by atoms with E-state index in [1.165, 1.54) is 6.20 Å². The number of anilines is 2. The Morgan fingerprint density at radius 2 is 1.93 bits per heavy atom. The number of β-amino-alcohol motifs (C(OH)–C–C–N with tert-alkyl or cyclic N) is 2. The van der Waals surface area contributed by atoms with Gasteiger partial charge in [0.1, 0.15) is 11.5 Å². The van der Waals surface area contributed by atoms with Crippen molar-refractivity contribution in [2.45, 2.75) is 12.2 Å². The van der Waals surface area contributed by atoms with Crippen molar-refractivity contribution in [1.29, 1.82) is 0 Å². The molecule has 4 aromatic rings. The van der Waals surface area contributed by atoms with Gasteiger partial charge in [-0.1, -0.05) is 12.1 Å². The highest BCUT2D eigenvalue weighted by Gasteiger charge is 2.30. The van der Waals surface area contributed by atoms with Crippen LogP contribution in [0.1, 0.15) is 10.4 Å². The lowest BCUT2D eigenvalue weighted by atomic mass is 10.2. The second-order valence-corrected chi connectivity index (χ2v) is 7.17. The van der Waals surface area contributed by atoms with Crippen LogP contribution in [0, 0.1) is 0 Å². The van der Waals surface area contributed by atoms with Gasteiger partial charge < -0.3 is 25.4 Å². The number of amides is 1. The molecule has 10 nitrogen and oxygen atoms in total. The summed E-state index contributed by atoms with van der Waals surface area (Å²) in [6.45, 7) is 0.606. The van der Waals surface area contributed by atoms with Crippen molar-refractivity contribution in [1.82, 2.24) is 25.1 Å². The van der Waals surface area contributed by atoms with Crippen LogP contribution in [0.3, 0.4) is 0 Å². The highest BCUT2D eigenvalue weighted by Crippen LogP contribution is 2.22. The molecule has 1 aliphatic heterocycles. The molecule has 10 heteroatoms. The van der Waals surface area contributed by atoms with Gasteiger partial charge in [-0.2, -0.15) is 5.10 Å². The number of aliphatic hydroxyl groups is 2. The number of hydrogen-bond donors (Lipinski definition) is 5. The zero-order chi connectivity index (χ0) is 20.7. The lowest BCUT2D eigenvalue weighted by molar-refractivity contribution is 0.0572. The van der Waals surface area contributed by atoms with E-state index >= 15 is 0 Å². The number of aromatic amines is 2. The van der Waals surface area contributed by atoms with Crippen molar-refractivity contribution in [2.75, 3.05) is 23.3 Å². The predicted molar refractivity (Wildman–Crippen MR) is 110 cm³/mol. The van der Waals surface area contributed by atoms with E-state index in [-0.39, 0.29) is 5.91 Å². The monoisotopic (exact) mass is 405 g/mol. The molecule has 0 radical (unpaired) electrons. The minimum absolute atomic E-state index is 0.303. The molecule has 1 saturated heterocycles. The maximum Gasteiger partial charge on any atom is 0.258 e. The number of nitrogens with one attached hydrogen (secondary N) is 3. The third-order valence-corrected chi connectivity index (χ3v) is 5.06. The Balaban J connectivity index is 1.28. The molecule has 3 aromatic heterocycles. The van der Waals surface area contributed by atoms with Crippen LogP contribution >= 0.6 is 0 Å². The lowest BCUT2D eigenvalue weighted by Gasteiger charge is -2.16. The molecule has 1 amide bonds. The fraction of sp³-hybridized carbons (Fsp3) is 0.200. The summed E-state index contributed by atoms with van der Waals surface area (Å²) in [5.74, 6) is 1.24. The van der Waals surface area contributed by atoms with Crippen molar-refractivity contribution in [2.24, 2.45) is 0 Å². The van der Waals surface area contributed by atoms with Gasteiger partial charge in [-0.3, -0.25) is 9.89 Å². The van der Waals surface area contributed by atoms with Gasteiger partial charge in [0.25, 0.3) is 5.91 Å². The number of H-pyrrole nitrogens is 2. The highest BCUT2D eigenvalue weighted by atomic mass is 16.3. The fourth-order valence-corrected chi connectivity index (χ4v) is 3.44. The summed E-state index contributed by atoms with van der Waals surface area (Å²) in [5.41, 5.74) is 2.78. The Bertz CT molecular complexity index is 1160. The van der Waals surface area contributed by atoms with Crippen LogP contribution in [0.4, 0.5) is 11.6 Å². The topological polar surface area (TPSA) is 143 Å². The van der Waals surface area contributed by atoms with E-state index in [1.807, 2.05) is 24.3 Å². The number of aliphatic hydroxyl groups excluding tert-OH is 2. The first-order valence-corrected chi connectivity index (χ1v) is 9.46. The number of pyridine rings is 1. The largest absolute Gasteiger partial charge is 0.389 e.